The number of nitrogens with one attached hydrogen (secondary N) is 1. The number of alkyl carbamates (subject to hydrolysis) is 1. The summed E-state index contributed by atoms with van der Waals surface area (Å²) in [5.41, 5.74) is -0.612. The number of carbonyl (C=O) groups is 2. The van der Waals surface area contributed by atoms with Crippen LogP contribution < -0.4 is 5.32 Å². The highest BCUT2D eigenvalue weighted by atomic mass is 16.6. The van der Waals surface area contributed by atoms with Crippen molar-refractivity contribution in [3.05, 3.63) is 0 Å². The minimum Gasteiger partial charge on any atom is -0.480 e. The molecule has 2 N–H and O–H groups in total. The van der Waals surface area contributed by atoms with Crippen molar-refractivity contribution in [1.29, 1.82) is 0 Å². The Hall–Kier alpha value is -1.26. The van der Waals surface area contributed by atoms with Gasteiger partial charge in [0.1, 0.15) is 11.6 Å². The van der Waals surface area contributed by atoms with Crippen LogP contribution in [0.2, 0.25) is 0 Å². The van der Waals surface area contributed by atoms with Crippen LogP contribution >= 0.6 is 0 Å². The van der Waals surface area contributed by atoms with E-state index in [1.807, 2.05) is 0 Å². The minimum absolute atomic E-state index is 0.450. The first kappa shape index (κ1) is 15.1. The fraction of sp³-hybridized carbons (Fsp3) is 0.867. The van der Waals surface area contributed by atoms with Crippen LogP contribution in [0.15, 0.2) is 0 Å². The van der Waals surface area contributed by atoms with Crippen LogP contribution in [-0.2, 0) is 9.53 Å². The molecule has 20 heavy (non-hydrogen) atoms. The highest BCUT2D eigenvalue weighted by Crippen LogP contribution is 2.51. The smallest absolute Gasteiger partial charge is 0.408 e. The average molecular weight is 283 g/mol. The van der Waals surface area contributed by atoms with Crippen LogP contribution in [-0.4, -0.2) is 28.8 Å². The second-order valence-electron chi connectivity index (χ2n) is 7.11. The summed E-state index contributed by atoms with van der Waals surface area (Å²) in [5.74, 6) is 0.822. The van der Waals surface area contributed by atoms with E-state index in [1.54, 1.807) is 20.8 Å². The van der Waals surface area contributed by atoms with Gasteiger partial charge >= 0.3 is 12.1 Å². The molecule has 0 aromatic carbocycles. The lowest BCUT2D eigenvalue weighted by atomic mass is 9.90. The first-order valence-electron chi connectivity index (χ1n) is 7.48. The van der Waals surface area contributed by atoms with Gasteiger partial charge in [-0.3, -0.25) is 0 Å². The number of rotatable bonds is 6. The van der Waals surface area contributed by atoms with Gasteiger partial charge in [-0.2, -0.15) is 0 Å². The molecule has 0 bridgehead atoms. The van der Waals surface area contributed by atoms with Crippen molar-refractivity contribution in [3.63, 3.8) is 0 Å². The summed E-state index contributed by atoms with van der Waals surface area (Å²) in [6, 6.07) is -0.837. The van der Waals surface area contributed by atoms with E-state index in [2.05, 4.69) is 5.32 Å². The quantitative estimate of drug-likeness (QED) is 0.786. The normalized spacial score (nSPS) is 20.6. The van der Waals surface area contributed by atoms with Crippen molar-refractivity contribution >= 4 is 12.1 Å². The van der Waals surface area contributed by atoms with E-state index in [4.69, 9.17) is 4.74 Å². The molecule has 5 nitrogen and oxygen atoms in total. The minimum atomic E-state index is -0.970. The summed E-state index contributed by atoms with van der Waals surface area (Å²) in [4.78, 5) is 23.1. The zero-order valence-electron chi connectivity index (χ0n) is 12.5. The zero-order valence-corrected chi connectivity index (χ0v) is 12.5. The number of aliphatic carboxylic acids is 1. The van der Waals surface area contributed by atoms with E-state index in [0.717, 1.165) is 0 Å². The monoisotopic (exact) mass is 283 g/mol. The van der Waals surface area contributed by atoms with Crippen molar-refractivity contribution < 1.29 is 19.4 Å². The van der Waals surface area contributed by atoms with Gasteiger partial charge in [-0.15, -0.1) is 0 Å². The summed E-state index contributed by atoms with van der Waals surface area (Å²) < 4.78 is 5.14. The van der Waals surface area contributed by atoms with E-state index in [0.29, 0.717) is 24.2 Å². The topological polar surface area (TPSA) is 75.6 Å². The molecule has 1 atom stereocenters. The maximum Gasteiger partial charge on any atom is 0.408 e. The number of carboxylic acids is 1. The number of carbonyl (C=O) groups excluding carboxylic acids is 1. The molecule has 1 unspecified atom stereocenters. The maximum atomic E-state index is 11.7. The molecule has 0 heterocycles. The average Bonchev–Trinajstić information content (AvgIpc) is 3.11. The fourth-order valence-electron chi connectivity index (χ4n) is 2.76. The number of amides is 1. The number of ether oxygens (including phenoxy) is 1. The lowest BCUT2D eigenvalue weighted by Crippen LogP contribution is -2.44. The Kier molecular flexibility index (Phi) is 4.25. The van der Waals surface area contributed by atoms with E-state index >= 15 is 0 Å². The molecular weight excluding hydrogens is 258 g/mol. The molecule has 114 valence electrons. The molecule has 0 aromatic heterocycles. The van der Waals surface area contributed by atoms with E-state index in [9.17, 15) is 14.7 Å². The molecule has 1 amide bonds. The Balaban J connectivity index is 1.89. The maximum absolute atomic E-state index is 11.7. The summed E-state index contributed by atoms with van der Waals surface area (Å²) in [7, 11) is 0. The summed E-state index contributed by atoms with van der Waals surface area (Å²) in [6.45, 7) is 5.29. The van der Waals surface area contributed by atoms with Crippen molar-refractivity contribution in [2.45, 2.75) is 64.5 Å². The molecule has 2 aliphatic rings. The van der Waals surface area contributed by atoms with Gasteiger partial charge in [-0.25, -0.2) is 9.59 Å². The molecule has 2 saturated carbocycles. The van der Waals surface area contributed by atoms with Crippen LogP contribution in [0.25, 0.3) is 0 Å². The highest BCUT2D eigenvalue weighted by Gasteiger charge is 2.43. The van der Waals surface area contributed by atoms with Gasteiger partial charge in [0.2, 0.25) is 0 Å². The van der Waals surface area contributed by atoms with E-state index in [-0.39, 0.29) is 0 Å². The van der Waals surface area contributed by atoms with Crippen LogP contribution in [0, 0.1) is 17.8 Å². The Labute approximate surface area is 120 Å². The lowest BCUT2D eigenvalue weighted by Gasteiger charge is -2.24. The molecule has 2 rings (SSSR count). The first-order chi connectivity index (χ1) is 9.26. The molecule has 0 spiro atoms. The van der Waals surface area contributed by atoms with Crippen LogP contribution in [0.3, 0.4) is 0 Å². The van der Waals surface area contributed by atoms with E-state index < -0.39 is 23.7 Å². The number of hydrogen-bond acceptors (Lipinski definition) is 3. The molecule has 0 saturated heterocycles. The summed E-state index contributed by atoms with van der Waals surface area (Å²) in [6.07, 6.45) is 4.72. The van der Waals surface area contributed by atoms with Gasteiger partial charge in [0.05, 0.1) is 0 Å². The molecule has 0 aromatic rings. The van der Waals surface area contributed by atoms with Gasteiger partial charge in [0, 0.05) is 0 Å². The lowest BCUT2D eigenvalue weighted by molar-refractivity contribution is -0.140. The molecule has 0 radical (unpaired) electrons. The first-order valence-corrected chi connectivity index (χ1v) is 7.48. The molecule has 2 aliphatic carbocycles. The molecular formula is C15H25NO4. The molecule has 0 aliphatic heterocycles. The van der Waals surface area contributed by atoms with Gasteiger partial charge < -0.3 is 15.2 Å². The Morgan fingerprint density at radius 1 is 1.20 bits per heavy atom. The Bertz CT molecular complexity index is 368. The predicted molar refractivity (Wildman–Crippen MR) is 74.3 cm³/mol. The van der Waals surface area contributed by atoms with Crippen molar-refractivity contribution in [3.8, 4) is 0 Å². The third-order valence-electron chi connectivity index (χ3n) is 3.95. The summed E-state index contributed by atoms with van der Waals surface area (Å²) in [5, 5.41) is 11.8. The SMILES string of the molecule is CC(C)(C)OC(=O)NC(CC(C1CC1)C1CC1)C(=O)O. The molecule has 5 heteroatoms. The largest absolute Gasteiger partial charge is 0.480 e. The van der Waals surface area contributed by atoms with Crippen LogP contribution in [0.1, 0.15) is 52.9 Å². The van der Waals surface area contributed by atoms with Crippen molar-refractivity contribution in [1.82, 2.24) is 5.32 Å². The highest BCUT2D eigenvalue weighted by molar-refractivity contribution is 5.80. The van der Waals surface area contributed by atoms with E-state index in [1.165, 1.54) is 25.7 Å². The third kappa shape index (κ3) is 4.69. The fourth-order valence-corrected chi connectivity index (χ4v) is 2.76. The Morgan fingerprint density at radius 3 is 2.05 bits per heavy atom. The standard InChI is InChI=1S/C15H25NO4/c1-15(2,3)20-14(19)16-12(13(17)18)8-11(9-4-5-9)10-6-7-10/h9-12H,4-8H2,1-3H3,(H,16,19)(H,17,18). The van der Waals surface area contributed by atoms with Crippen LogP contribution in [0.5, 0.6) is 0 Å². The zero-order chi connectivity index (χ0) is 14.9. The van der Waals surface area contributed by atoms with Gasteiger partial charge in [-0.05, 0) is 70.6 Å². The number of carboxylic acid groups (broad SMARTS) is 1. The van der Waals surface area contributed by atoms with Gasteiger partial charge in [0.25, 0.3) is 0 Å². The number of hydrogen-bond donors (Lipinski definition) is 2. The van der Waals surface area contributed by atoms with Crippen molar-refractivity contribution in [2.75, 3.05) is 0 Å². The van der Waals surface area contributed by atoms with Gasteiger partial charge in [0.15, 0.2) is 0 Å². The Morgan fingerprint density at radius 2 is 1.70 bits per heavy atom. The third-order valence-corrected chi connectivity index (χ3v) is 3.95. The second-order valence-corrected chi connectivity index (χ2v) is 7.11. The second kappa shape index (κ2) is 5.62. The van der Waals surface area contributed by atoms with Crippen LogP contribution in [0.4, 0.5) is 4.79 Å². The molecule has 2 fully saturated rings. The van der Waals surface area contributed by atoms with Gasteiger partial charge in [-0.1, -0.05) is 0 Å². The van der Waals surface area contributed by atoms with Crippen molar-refractivity contribution in [2.24, 2.45) is 17.8 Å². The predicted octanol–water partition coefficient (Wildman–Crippen LogP) is 2.79. The summed E-state index contributed by atoms with van der Waals surface area (Å²) >= 11 is 0.